The van der Waals surface area contributed by atoms with Gasteiger partial charge in [0.25, 0.3) is 5.91 Å². The highest BCUT2D eigenvalue weighted by molar-refractivity contribution is 5.95. The quantitative estimate of drug-likeness (QED) is 0.687. The van der Waals surface area contributed by atoms with Gasteiger partial charge in [-0.25, -0.2) is 0 Å². The number of rotatable bonds is 4. The fourth-order valence-corrected chi connectivity index (χ4v) is 3.51. The number of carbonyl (C=O) groups is 1. The minimum absolute atomic E-state index is 0.0347. The predicted octanol–water partition coefficient (Wildman–Crippen LogP) is 3.09. The van der Waals surface area contributed by atoms with Crippen molar-refractivity contribution in [3.8, 4) is 0 Å². The lowest BCUT2D eigenvalue weighted by atomic mass is 10.0. The van der Waals surface area contributed by atoms with Crippen LogP contribution in [0.1, 0.15) is 46.6 Å². The zero-order chi connectivity index (χ0) is 17.2. The standard InChI is InChI=1S/C20H22N4O/c1-2-17(16-5-3-4-13-7-9-22-19(13)16)24-20(25)15-10-14-6-8-21-12-18(14)23-11-15/h3-5,7,9-11,17,21-22H,2,6,8,12H2,1H3,(H,24,25). The van der Waals surface area contributed by atoms with Crippen LogP contribution in [0.15, 0.2) is 42.7 Å². The van der Waals surface area contributed by atoms with Crippen LogP contribution < -0.4 is 10.6 Å². The molecule has 1 amide bonds. The monoisotopic (exact) mass is 334 g/mol. The molecule has 0 fully saturated rings. The van der Waals surface area contributed by atoms with Crippen molar-refractivity contribution >= 4 is 16.8 Å². The van der Waals surface area contributed by atoms with Crippen LogP contribution in [0.2, 0.25) is 0 Å². The molecule has 2 aromatic heterocycles. The molecule has 1 unspecified atom stereocenters. The number of nitrogens with zero attached hydrogens (tertiary/aromatic N) is 1. The summed E-state index contributed by atoms with van der Waals surface area (Å²) in [6.45, 7) is 3.80. The van der Waals surface area contributed by atoms with Gasteiger partial charge < -0.3 is 15.6 Å². The van der Waals surface area contributed by atoms with Gasteiger partial charge in [-0.05, 0) is 48.0 Å². The van der Waals surface area contributed by atoms with E-state index in [1.165, 1.54) is 5.56 Å². The molecule has 3 heterocycles. The summed E-state index contributed by atoms with van der Waals surface area (Å²) in [4.78, 5) is 20.5. The Morgan fingerprint density at radius 3 is 3.16 bits per heavy atom. The van der Waals surface area contributed by atoms with Crippen molar-refractivity contribution in [2.45, 2.75) is 32.4 Å². The Labute approximate surface area is 146 Å². The number of amides is 1. The van der Waals surface area contributed by atoms with E-state index in [4.69, 9.17) is 0 Å². The lowest BCUT2D eigenvalue weighted by Gasteiger charge is -2.20. The van der Waals surface area contributed by atoms with Crippen LogP contribution in [0.5, 0.6) is 0 Å². The van der Waals surface area contributed by atoms with Crippen LogP contribution in [-0.2, 0) is 13.0 Å². The summed E-state index contributed by atoms with van der Waals surface area (Å²) in [7, 11) is 0. The molecular weight excluding hydrogens is 312 g/mol. The van der Waals surface area contributed by atoms with Crippen LogP contribution in [0.4, 0.5) is 0 Å². The zero-order valence-electron chi connectivity index (χ0n) is 14.3. The van der Waals surface area contributed by atoms with Crippen LogP contribution in [0.25, 0.3) is 10.9 Å². The molecule has 0 aliphatic carbocycles. The highest BCUT2D eigenvalue weighted by Gasteiger charge is 2.19. The van der Waals surface area contributed by atoms with Crippen LogP contribution >= 0.6 is 0 Å². The molecule has 0 saturated carbocycles. The minimum Gasteiger partial charge on any atom is -0.361 e. The van der Waals surface area contributed by atoms with Gasteiger partial charge in [0.05, 0.1) is 22.8 Å². The minimum atomic E-state index is -0.0655. The molecule has 1 aliphatic rings. The third kappa shape index (κ3) is 3.03. The lowest BCUT2D eigenvalue weighted by molar-refractivity contribution is 0.0935. The maximum Gasteiger partial charge on any atom is 0.253 e. The summed E-state index contributed by atoms with van der Waals surface area (Å²) in [5.74, 6) is -0.0655. The normalized spacial score (nSPS) is 14.9. The summed E-state index contributed by atoms with van der Waals surface area (Å²) < 4.78 is 0. The Balaban J connectivity index is 1.59. The molecule has 1 aliphatic heterocycles. The van der Waals surface area contributed by atoms with Gasteiger partial charge in [0.1, 0.15) is 0 Å². The molecule has 25 heavy (non-hydrogen) atoms. The molecule has 0 spiro atoms. The van der Waals surface area contributed by atoms with E-state index in [9.17, 15) is 4.79 Å². The van der Waals surface area contributed by atoms with Crippen molar-refractivity contribution in [3.05, 3.63) is 65.1 Å². The molecule has 0 bridgehead atoms. The van der Waals surface area contributed by atoms with E-state index in [0.717, 1.165) is 48.1 Å². The summed E-state index contributed by atoms with van der Waals surface area (Å²) in [5.41, 5.74) is 5.06. The van der Waals surface area contributed by atoms with E-state index in [-0.39, 0.29) is 11.9 Å². The fourth-order valence-electron chi connectivity index (χ4n) is 3.51. The zero-order valence-corrected chi connectivity index (χ0v) is 14.3. The molecule has 0 saturated heterocycles. The van der Waals surface area contributed by atoms with Gasteiger partial charge in [-0.3, -0.25) is 9.78 Å². The first kappa shape index (κ1) is 15.8. The first-order chi connectivity index (χ1) is 12.3. The number of H-pyrrole nitrogens is 1. The SMILES string of the molecule is CCC(NC(=O)c1cnc2c(c1)CCNC2)c1cccc2cc[nH]c12. The third-order valence-corrected chi connectivity index (χ3v) is 4.89. The predicted molar refractivity (Wildman–Crippen MR) is 98.4 cm³/mol. The largest absolute Gasteiger partial charge is 0.361 e. The molecule has 3 aromatic rings. The second-order valence-corrected chi connectivity index (χ2v) is 6.48. The molecule has 1 aromatic carbocycles. The first-order valence-corrected chi connectivity index (χ1v) is 8.81. The highest BCUT2D eigenvalue weighted by Crippen LogP contribution is 2.25. The van der Waals surface area contributed by atoms with Gasteiger partial charge in [0, 0.05) is 18.9 Å². The Morgan fingerprint density at radius 2 is 2.28 bits per heavy atom. The van der Waals surface area contributed by atoms with Gasteiger partial charge in [0.2, 0.25) is 0 Å². The molecule has 5 heteroatoms. The van der Waals surface area contributed by atoms with Crippen molar-refractivity contribution < 1.29 is 4.79 Å². The highest BCUT2D eigenvalue weighted by atomic mass is 16.1. The summed E-state index contributed by atoms with van der Waals surface area (Å²) in [5, 5.41) is 7.63. The number of fused-ring (bicyclic) bond motifs is 2. The Kier molecular flexibility index (Phi) is 4.24. The summed E-state index contributed by atoms with van der Waals surface area (Å²) >= 11 is 0. The number of hydrogen-bond donors (Lipinski definition) is 3. The van der Waals surface area contributed by atoms with Gasteiger partial charge >= 0.3 is 0 Å². The van der Waals surface area contributed by atoms with E-state index in [2.05, 4.69) is 45.7 Å². The number of nitrogens with one attached hydrogen (secondary N) is 3. The average Bonchev–Trinajstić information content (AvgIpc) is 3.14. The van der Waals surface area contributed by atoms with Crippen LogP contribution in [0, 0.1) is 0 Å². The summed E-state index contributed by atoms with van der Waals surface area (Å²) in [6, 6.07) is 10.2. The molecule has 0 radical (unpaired) electrons. The molecule has 5 nitrogen and oxygen atoms in total. The van der Waals surface area contributed by atoms with Crippen molar-refractivity contribution in [2.75, 3.05) is 6.54 Å². The van der Waals surface area contributed by atoms with E-state index >= 15 is 0 Å². The Morgan fingerprint density at radius 1 is 1.36 bits per heavy atom. The molecule has 4 rings (SSSR count). The Hall–Kier alpha value is -2.66. The Bertz CT molecular complexity index is 915. The topological polar surface area (TPSA) is 69.8 Å². The summed E-state index contributed by atoms with van der Waals surface area (Å²) in [6.07, 6.45) is 5.36. The van der Waals surface area contributed by atoms with Crippen molar-refractivity contribution in [1.29, 1.82) is 0 Å². The number of aromatic nitrogens is 2. The number of hydrogen-bond acceptors (Lipinski definition) is 3. The van der Waals surface area contributed by atoms with Crippen molar-refractivity contribution in [2.24, 2.45) is 0 Å². The van der Waals surface area contributed by atoms with Crippen molar-refractivity contribution in [1.82, 2.24) is 20.6 Å². The molecular formula is C20H22N4O. The number of carbonyl (C=O) groups excluding carboxylic acids is 1. The number of para-hydroxylation sites is 1. The smallest absolute Gasteiger partial charge is 0.253 e. The van der Waals surface area contributed by atoms with E-state index in [1.54, 1.807) is 6.20 Å². The number of aromatic amines is 1. The number of benzene rings is 1. The maximum atomic E-state index is 12.8. The molecule has 3 N–H and O–H groups in total. The van der Waals surface area contributed by atoms with Gasteiger partial charge in [-0.15, -0.1) is 0 Å². The van der Waals surface area contributed by atoms with E-state index in [0.29, 0.717) is 5.56 Å². The van der Waals surface area contributed by atoms with E-state index in [1.807, 2.05) is 18.3 Å². The van der Waals surface area contributed by atoms with Gasteiger partial charge in [-0.2, -0.15) is 0 Å². The average molecular weight is 334 g/mol. The van der Waals surface area contributed by atoms with Gasteiger partial charge in [0.15, 0.2) is 0 Å². The molecule has 128 valence electrons. The maximum absolute atomic E-state index is 12.8. The lowest BCUT2D eigenvalue weighted by Crippen LogP contribution is -2.30. The van der Waals surface area contributed by atoms with Gasteiger partial charge in [-0.1, -0.05) is 25.1 Å². The molecule has 1 atom stereocenters. The fraction of sp³-hybridized carbons (Fsp3) is 0.300. The third-order valence-electron chi connectivity index (χ3n) is 4.89. The van der Waals surface area contributed by atoms with E-state index < -0.39 is 0 Å². The van der Waals surface area contributed by atoms with Crippen LogP contribution in [-0.4, -0.2) is 22.4 Å². The first-order valence-electron chi connectivity index (χ1n) is 8.81. The van der Waals surface area contributed by atoms with Crippen LogP contribution in [0.3, 0.4) is 0 Å². The van der Waals surface area contributed by atoms with Crippen molar-refractivity contribution in [3.63, 3.8) is 0 Å². The number of pyridine rings is 1. The second kappa shape index (κ2) is 6.69. The second-order valence-electron chi connectivity index (χ2n) is 6.48.